The molecule has 0 atom stereocenters. The van der Waals surface area contributed by atoms with E-state index in [1.807, 2.05) is 0 Å². The number of hydrogen-bond donors (Lipinski definition) is 0. The summed E-state index contributed by atoms with van der Waals surface area (Å²) in [6.45, 7) is 0. The summed E-state index contributed by atoms with van der Waals surface area (Å²) in [5.41, 5.74) is 9.86. The molecule has 2 heteroatoms. The van der Waals surface area contributed by atoms with Crippen molar-refractivity contribution < 1.29 is 4.42 Å². The first-order chi connectivity index (χ1) is 20.8. The van der Waals surface area contributed by atoms with Crippen molar-refractivity contribution >= 4 is 49.8 Å². The third-order valence-electron chi connectivity index (χ3n) is 8.04. The van der Waals surface area contributed by atoms with Crippen molar-refractivity contribution in [3.05, 3.63) is 164 Å². The van der Waals surface area contributed by atoms with E-state index in [2.05, 4.69) is 169 Å². The molecule has 0 unspecified atom stereocenters. The molecule has 8 aromatic rings. The zero-order chi connectivity index (χ0) is 27.9. The minimum Gasteiger partial charge on any atom is -0.455 e. The largest absolute Gasteiger partial charge is 0.455 e. The van der Waals surface area contributed by atoms with Gasteiger partial charge >= 0.3 is 0 Å². The maximum absolute atomic E-state index is 6.42. The normalized spacial score (nSPS) is 11.3. The first kappa shape index (κ1) is 24.2. The second-order valence-electron chi connectivity index (χ2n) is 10.6. The summed E-state index contributed by atoms with van der Waals surface area (Å²) >= 11 is 0. The highest BCUT2D eigenvalue weighted by Gasteiger charge is 2.18. The Kier molecular flexibility index (Phi) is 5.82. The van der Waals surface area contributed by atoms with Gasteiger partial charge in [0.25, 0.3) is 0 Å². The highest BCUT2D eigenvalue weighted by molar-refractivity contribution is 6.15. The second-order valence-corrected chi connectivity index (χ2v) is 10.6. The van der Waals surface area contributed by atoms with E-state index in [0.29, 0.717) is 0 Å². The van der Waals surface area contributed by atoms with E-state index in [0.717, 1.165) is 55.5 Å². The average molecular weight is 538 g/mol. The van der Waals surface area contributed by atoms with Crippen LogP contribution in [-0.2, 0) is 0 Å². The molecule has 0 N–H and O–H groups in total. The molecule has 8 rings (SSSR count). The van der Waals surface area contributed by atoms with Crippen LogP contribution in [0.2, 0.25) is 0 Å². The van der Waals surface area contributed by atoms with Crippen molar-refractivity contribution in [3.8, 4) is 22.3 Å². The topological polar surface area (TPSA) is 16.4 Å². The quantitative estimate of drug-likeness (QED) is 0.217. The minimum atomic E-state index is 0.901. The van der Waals surface area contributed by atoms with Crippen molar-refractivity contribution in [3.63, 3.8) is 0 Å². The van der Waals surface area contributed by atoms with E-state index in [4.69, 9.17) is 4.42 Å². The summed E-state index contributed by atoms with van der Waals surface area (Å²) in [7, 11) is 0. The lowest BCUT2D eigenvalue weighted by Gasteiger charge is -2.28. The van der Waals surface area contributed by atoms with Gasteiger partial charge in [-0.3, -0.25) is 0 Å². The fourth-order valence-electron chi connectivity index (χ4n) is 6.04. The van der Waals surface area contributed by atoms with Gasteiger partial charge in [0.1, 0.15) is 11.2 Å². The van der Waals surface area contributed by atoms with Crippen molar-refractivity contribution in [2.75, 3.05) is 4.90 Å². The summed E-state index contributed by atoms with van der Waals surface area (Å²) in [5.74, 6) is 0. The first-order valence-electron chi connectivity index (χ1n) is 14.3. The average Bonchev–Trinajstić information content (AvgIpc) is 3.45. The lowest BCUT2D eigenvalue weighted by atomic mass is 9.98. The molecule has 0 aliphatic heterocycles. The molecule has 198 valence electrons. The van der Waals surface area contributed by atoms with Crippen LogP contribution in [0.15, 0.2) is 168 Å². The smallest absolute Gasteiger partial charge is 0.143 e. The molecule has 0 spiro atoms. The molecule has 0 aliphatic carbocycles. The predicted molar refractivity (Wildman–Crippen MR) is 177 cm³/mol. The molecule has 0 aliphatic rings. The molecule has 0 saturated carbocycles. The van der Waals surface area contributed by atoms with Crippen LogP contribution in [0.25, 0.3) is 55.0 Å². The third kappa shape index (κ3) is 4.13. The molecule has 0 saturated heterocycles. The second kappa shape index (κ2) is 10.1. The monoisotopic (exact) mass is 537 g/mol. The van der Waals surface area contributed by atoms with Gasteiger partial charge in [-0.1, -0.05) is 115 Å². The lowest BCUT2D eigenvalue weighted by Crippen LogP contribution is -2.11. The van der Waals surface area contributed by atoms with Crippen molar-refractivity contribution in [1.29, 1.82) is 0 Å². The van der Waals surface area contributed by atoms with Gasteiger partial charge in [-0.15, -0.1) is 0 Å². The van der Waals surface area contributed by atoms with Crippen LogP contribution in [0, 0.1) is 0 Å². The van der Waals surface area contributed by atoms with Crippen molar-refractivity contribution in [2.45, 2.75) is 0 Å². The van der Waals surface area contributed by atoms with Gasteiger partial charge in [-0.2, -0.15) is 0 Å². The Hall–Kier alpha value is -5.60. The maximum Gasteiger partial charge on any atom is 0.143 e. The fourth-order valence-corrected chi connectivity index (χ4v) is 6.04. The van der Waals surface area contributed by atoms with Gasteiger partial charge in [0.2, 0.25) is 0 Å². The first-order valence-corrected chi connectivity index (χ1v) is 14.3. The predicted octanol–water partition coefficient (Wildman–Crippen LogP) is 11.5. The number of hydrogen-bond acceptors (Lipinski definition) is 2. The van der Waals surface area contributed by atoms with Gasteiger partial charge in [0, 0.05) is 33.1 Å². The number of anilines is 3. The molecular weight excluding hydrogens is 510 g/mol. The van der Waals surface area contributed by atoms with Crippen LogP contribution in [-0.4, -0.2) is 0 Å². The number of nitrogens with zero attached hydrogens (tertiary/aromatic N) is 1. The van der Waals surface area contributed by atoms with Crippen LogP contribution in [0.3, 0.4) is 0 Å². The molecular formula is C40H27NO. The Balaban J connectivity index is 1.32. The van der Waals surface area contributed by atoms with Gasteiger partial charge < -0.3 is 9.32 Å². The van der Waals surface area contributed by atoms with Crippen LogP contribution in [0.1, 0.15) is 0 Å². The van der Waals surface area contributed by atoms with E-state index in [9.17, 15) is 0 Å². The highest BCUT2D eigenvalue weighted by Crippen LogP contribution is 2.43. The Labute approximate surface area is 244 Å². The number of rotatable bonds is 5. The van der Waals surface area contributed by atoms with E-state index in [1.165, 1.54) is 16.5 Å². The number of fused-ring (bicyclic) bond motifs is 5. The Morgan fingerprint density at radius 2 is 1.12 bits per heavy atom. The van der Waals surface area contributed by atoms with Crippen LogP contribution in [0.4, 0.5) is 17.1 Å². The summed E-state index contributed by atoms with van der Waals surface area (Å²) in [6.07, 6.45) is 0. The third-order valence-corrected chi connectivity index (χ3v) is 8.04. The number of benzene rings is 7. The molecule has 1 aromatic heterocycles. The summed E-state index contributed by atoms with van der Waals surface area (Å²) < 4.78 is 6.42. The van der Waals surface area contributed by atoms with Crippen LogP contribution in [0.5, 0.6) is 0 Å². The zero-order valence-electron chi connectivity index (χ0n) is 22.9. The van der Waals surface area contributed by atoms with E-state index < -0.39 is 0 Å². The van der Waals surface area contributed by atoms with Crippen LogP contribution >= 0.6 is 0 Å². The van der Waals surface area contributed by atoms with Crippen LogP contribution < -0.4 is 4.90 Å². The highest BCUT2D eigenvalue weighted by atomic mass is 16.3. The Morgan fingerprint density at radius 1 is 0.405 bits per heavy atom. The fraction of sp³-hybridized carbons (Fsp3) is 0. The van der Waals surface area contributed by atoms with E-state index >= 15 is 0 Å². The van der Waals surface area contributed by atoms with E-state index in [1.54, 1.807) is 0 Å². The molecule has 0 fully saturated rings. The summed E-state index contributed by atoms with van der Waals surface area (Å²) in [5, 5.41) is 4.59. The van der Waals surface area contributed by atoms with Crippen molar-refractivity contribution in [2.24, 2.45) is 0 Å². The Bertz CT molecular complexity index is 2200. The summed E-state index contributed by atoms with van der Waals surface area (Å²) in [6, 6.07) is 57.9. The molecule has 1 heterocycles. The van der Waals surface area contributed by atoms with Gasteiger partial charge in [0.15, 0.2) is 0 Å². The van der Waals surface area contributed by atoms with E-state index in [-0.39, 0.29) is 0 Å². The standard InChI is InChI=1S/C40H27NO/c1-3-12-28(13-4-1)30-15-11-18-33(26-30)41(32-16-5-2-6-17-32)38-21-10-9-19-34(38)31-23-25-39-37(27-31)36-24-22-29-14-7-8-20-35(29)40(36)42-39/h1-27H. The van der Waals surface area contributed by atoms with Gasteiger partial charge in [-0.25, -0.2) is 0 Å². The molecule has 42 heavy (non-hydrogen) atoms. The molecule has 0 amide bonds. The SMILES string of the molecule is c1ccc(-c2cccc(N(c3ccccc3)c3ccccc3-c3ccc4oc5c6ccccc6ccc5c4c3)c2)cc1. The Morgan fingerprint density at radius 3 is 2.00 bits per heavy atom. The minimum absolute atomic E-state index is 0.901. The lowest BCUT2D eigenvalue weighted by molar-refractivity contribution is 0.672. The zero-order valence-corrected chi connectivity index (χ0v) is 22.9. The van der Waals surface area contributed by atoms with Gasteiger partial charge in [-0.05, 0) is 70.6 Å². The molecule has 0 bridgehead atoms. The van der Waals surface area contributed by atoms with Crippen molar-refractivity contribution in [1.82, 2.24) is 0 Å². The maximum atomic E-state index is 6.42. The molecule has 7 aromatic carbocycles. The number of para-hydroxylation sites is 2. The molecule has 0 radical (unpaired) electrons. The number of furan rings is 1. The summed E-state index contributed by atoms with van der Waals surface area (Å²) in [4.78, 5) is 2.35. The van der Waals surface area contributed by atoms with Gasteiger partial charge in [0.05, 0.1) is 5.69 Å². The molecule has 2 nitrogen and oxygen atoms in total.